The standard InChI is InChI=1S/C24H25ClN6O/c1-16-14-21(30(2)24(12-7-13-24)17-8-5-4-6-9-17)31-23(26-16)28-22(29-31)27-19-15-18(25)10-11-20(19)32-3/h4-6,8-11,14-15H,7,12-13H2,1-3H3,(H,27,29). The zero-order valence-corrected chi connectivity index (χ0v) is 19.1. The highest BCUT2D eigenvalue weighted by Crippen LogP contribution is 2.47. The molecule has 0 bridgehead atoms. The highest BCUT2D eigenvalue weighted by atomic mass is 35.5. The van der Waals surface area contributed by atoms with Crippen LogP contribution in [0.15, 0.2) is 54.6 Å². The molecule has 1 saturated carbocycles. The minimum atomic E-state index is -0.0578. The van der Waals surface area contributed by atoms with Crippen LogP contribution in [-0.4, -0.2) is 33.7 Å². The number of anilines is 3. The summed E-state index contributed by atoms with van der Waals surface area (Å²) in [5, 5.41) is 8.56. The van der Waals surface area contributed by atoms with Crippen molar-refractivity contribution in [1.29, 1.82) is 0 Å². The number of rotatable bonds is 6. The molecule has 8 heteroatoms. The number of nitrogens with one attached hydrogen (secondary N) is 1. The molecule has 0 unspecified atom stereocenters. The molecule has 1 fully saturated rings. The van der Waals surface area contributed by atoms with Crippen LogP contribution in [0.2, 0.25) is 5.02 Å². The van der Waals surface area contributed by atoms with Crippen LogP contribution >= 0.6 is 11.6 Å². The molecule has 5 rings (SSSR count). The van der Waals surface area contributed by atoms with Crippen LogP contribution in [0.25, 0.3) is 5.78 Å². The second kappa shape index (κ2) is 7.98. The van der Waals surface area contributed by atoms with Gasteiger partial charge in [0.15, 0.2) is 0 Å². The third kappa shape index (κ3) is 3.42. The zero-order chi connectivity index (χ0) is 22.3. The molecule has 7 nitrogen and oxygen atoms in total. The van der Waals surface area contributed by atoms with E-state index in [1.54, 1.807) is 23.8 Å². The van der Waals surface area contributed by atoms with Gasteiger partial charge in [0, 0.05) is 23.8 Å². The van der Waals surface area contributed by atoms with Gasteiger partial charge in [-0.1, -0.05) is 41.9 Å². The summed E-state index contributed by atoms with van der Waals surface area (Å²) in [6.07, 6.45) is 3.39. The summed E-state index contributed by atoms with van der Waals surface area (Å²) in [5.41, 5.74) is 2.85. The summed E-state index contributed by atoms with van der Waals surface area (Å²) in [4.78, 5) is 11.6. The lowest BCUT2D eigenvalue weighted by atomic mass is 9.70. The molecular weight excluding hydrogens is 424 g/mol. The average Bonchev–Trinajstić information content (AvgIpc) is 3.15. The van der Waals surface area contributed by atoms with Gasteiger partial charge in [-0.25, -0.2) is 4.98 Å². The molecule has 1 aliphatic carbocycles. The minimum Gasteiger partial charge on any atom is -0.495 e. The van der Waals surface area contributed by atoms with Gasteiger partial charge in [-0.15, -0.1) is 5.10 Å². The van der Waals surface area contributed by atoms with Crippen molar-refractivity contribution < 1.29 is 4.74 Å². The number of hydrogen-bond acceptors (Lipinski definition) is 6. The van der Waals surface area contributed by atoms with E-state index < -0.39 is 0 Å². The topological polar surface area (TPSA) is 67.6 Å². The van der Waals surface area contributed by atoms with E-state index in [1.807, 2.05) is 13.0 Å². The first-order valence-corrected chi connectivity index (χ1v) is 11.0. The summed E-state index contributed by atoms with van der Waals surface area (Å²) in [6, 6.07) is 18.1. The van der Waals surface area contributed by atoms with Crippen molar-refractivity contribution in [2.24, 2.45) is 0 Å². The van der Waals surface area contributed by atoms with E-state index in [0.717, 1.165) is 24.4 Å². The molecule has 2 heterocycles. The molecular formula is C24H25ClN6O. The zero-order valence-electron chi connectivity index (χ0n) is 18.3. The maximum Gasteiger partial charge on any atom is 0.256 e. The first-order chi connectivity index (χ1) is 15.5. The van der Waals surface area contributed by atoms with Crippen LogP contribution in [0.4, 0.5) is 17.5 Å². The first-order valence-electron chi connectivity index (χ1n) is 10.6. The molecule has 1 N–H and O–H groups in total. The molecule has 0 aliphatic heterocycles. The quantitative estimate of drug-likeness (QED) is 0.428. The predicted molar refractivity (Wildman–Crippen MR) is 127 cm³/mol. The lowest BCUT2D eigenvalue weighted by molar-refractivity contribution is 0.239. The maximum atomic E-state index is 6.18. The van der Waals surface area contributed by atoms with E-state index in [4.69, 9.17) is 21.4 Å². The lowest BCUT2D eigenvalue weighted by Crippen LogP contribution is -2.50. The van der Waals surface area contributed by atoms with E-state index in [1.165, 1.54) is 12.0 Å². The summed E-state index contributed by atoms with van der Waals surface area (Å²) < 4.78 is 7.24. The van der Waals surface area contributed by atoms with Crippen molar-refractivity contribution >= 4 is 34.8 Å². The number of aromatic nitrogens is 4. The Morgan fingerprint density at radius 2 is 1.88 bits per heavy atom. The molecule has 0 atom stereocenters. The number of hydrogen-bond donors (Lipinski definition) is 1. The van der Waals surface area contributed by atoms with Crippen LogP contribution in [0.3, 0.4) is 0 Å². The Hall–Kier alpha value is -3.32. The van der Waals surface area contributed by atoms with E-state index in [-0.39, 0.29) is 5.54 Å². The average molecular weight is 449 g/mol. The predicted octanol–water partition coefficient (Wildman–Crippen LogP) is 5.35. The SMILES string of the molecule is COc1ccc(Cl)cc1Nc1nc2nc(C)cc(N(C)C3(c4ccccc4)CCC3)n2n1. The van der Waals surface area contributed by atoms with E-state index in [9.17, 15) is 0 Å². The summed E-state index contributed by atoms with van der Waals surface area (Å²) in [6.45, 7) is 1.98. The molecule has 1 aliphatic rings. The van der Waals surface area contributed by atoms with Crippen LogP contribution in [0.5, 0.6) is 5.75 Å². The highest BCUT2D eigenvalue weighted by Gasteiger charge is 2.43. The van der Waals surface area contributed by atoms with Crippen LogP contribution in [0, 0.1) is 6.92 Å². The Morgan fingerprint density at radius 3 is 2.56 bits per heavy atom. The molecule has 0 amide bonds. The van der Waals surface area contributed by atoms with Gasteiger partial charge in [-0.05, 0) is 49.9 Å². The van der Waals surface area contributed by atoms with Gasteiger partial charge in [0.05, 0.1) is 18.3 Å². The second-order valence-corrected chi connectivity index (χ2v) is 8.62. The van der Waals surface area contributed by atoms with E-state index >= 15 is 0 Å². The number of aryl methyl sites for hydroxylation is 1. The van der Waals surface area contributed by atoms with Crippen molar-refractivity contribution in [1.82, 2.24) is 19.6 Å². The van der Waals surface area contributed by atoms with Gasteiger partial charge in [0.1, 0.15) is 11.6 Å². The Balaban J connectivity index is 1.56. The van der Waals surface area contributed by atoms with E-state index in [0.29, 0.717) is 28.2 Å². The fraction of sp³-hybridized carbons (Fsp3) is 0.292. The molecule has 2 aromatic heterocycles. The van der Waals surface area contributed by atoms with Crippen LogP contribution < -0.4 is 15.0 Å². The van der Waals surface area contributed by atoms with Crippen LogP contribution in [-0.2, 0) is 5.54 Å². The Bertz CT molecular complexity index is 1270. The largest absolute Gasteiger partial charge is 0.495 e. The molecule has 164 valence electrons. The summed E-state index contributed by atoms with van der Waals surface area (Å²) >= 11 is 6.18. The third-order valence-electron chi connectivity index (χ3n) is 6.31. The van der Waals surface area contributed by atoms with Gasteiger partial charge in [-0.3, -0.25) is 0 Å². The number of fused-ring (bicyclic) bond motifs is 1. The monoisotopic (exact) mass is 448 g/mol. The van der Waals surface area contributed by atoms with E-state index in [2.05, 4.69) is 63.6 Å². The lowest BCUT2D eigenvalue weighted by Gasteiger charge is -2.50. The van der Waals surface area contributed by atoms with Gasteiger partial charge in [0.25, 0.3) is 5.78 Å². The van der Waals surface area contributed by atoms with Crippen molar-refractivity contribution in [3.63, 3.8) is 0 Å². The number of methoxy groups -OCH3 is 1. The van der Waals surface area contributed by atoms with Crippen molar-refractivity contribution in [3.8, 4) is 5.75 Å². The normalized spacial score (nSPS) is 14.8. The molecule has 4 aromatic rings. The fourth-order valence-corrected chi connectivity index (χ4v) is 4.63. The molecule has 32 heavy (non-hydrogen) atoms. The van der Waals surface area contributed by atoms with Gasteiger partial charge in [-0.2, -0.15) is 9.50 Å². The Kier molecular flexibility index (Phi) is 5.13. The van der Waals surface area contributed by atoms with Crippen molar-refractivity contribution in [2.75, 3.05) is 24.4 Å². The Morgan fingerprint density at radius 1 is 1.09 bits per heavy atom. The molecule has 2 aromatic carbocycles. The van der Waals surface area contributed by atoms with Gasteiger partial charge in [0.2, 0.25) is 5.95 Å². The summed E-state index contributed by atoms with van der Waals surface area (Å²) in [7, 11) is 3.75. The van der Waals surface area contributed by atoms with Crippen LogP contribution in [0.1, 0.15) is 30.5 Å². The van der Waals surface area contributed by atoms with Crippen molar-refractivity contribution in [3.05, 3.63) is 70.9 Å². The Labute approximate surface area is 192 Å². The minimum absolute atomic E-state index is 0.0578. The molecule has 0 saturated heterocycles. The highest BCUT2D eigenvalue weighted by molar-refractivity contribution is 6.31. The molecule has 0 spiro atoms. The summed E-state index contributed by atoms with van der Waals surface area (Å²) in [5.74, 6) is 2.58. The number of benzene rings is 2. The fourth-order valence-electron chi connectivity index (χ4n) is 4.46. The number of nitrogens with zero attached hydrogens (tertiary/aromatic N) is 5. The van der Waals surface area contributed by atoms with Gasteiger partial charge < -0.3 is 15.0 Å². The molecule has 0 radical (unpaired) electrons. The number of halogens is 1. The smallest absolute Gasteiger partial charge is 0.256 e. The number of ether oxygens (including phenoxy) is 1. The third-order valence-corrected chi connectivity index (χ3v) is 6.54. The van der Waals surface area contributed by atoms with Gasteiger partial charge >= 0.3 is 0 Å². The maximum absolute atomic E-state index is 6.18. The first kappa shape index (κ1) is 20.6. The second-order valence-electron chi connectivity index (χ2n) is 8.18. The van der Waals surface area contributed by atoms with Crippen molar-refractivity contribution in [2.45, 2.75) is 31.7 Å².